The summed E-state index contributed by atoms with van der Waals surface area (Å²) in [4.78, 5) is 15.6. The molecule has 1 fully saturated rings. The van der Waals surface area contributed by atoms with Crippen LogP contribution >= 0.6 is 0 Å². The molecule has 1 aliphatic heterocycles. The van der Waals surface area contributed by atoms with Gasteiger partial charge in [-0.3, -0.25) is 4.98 Å². The fraction of sp³-hybridized carbons (Fsp3) is 0.526. The van der Waals surface area contributed by atoms with Gasteiger partial charge < -0.3 is 20.3 Å². The molecule has 2 aromatic heterocycles. The van der Waals surface area contributed by atoms with E-state index in [0.29, 0.717) is 5.95 Å². The van der Waals surface area contributed by atoms with E-state index in [2.05, 4.69) is 44.6 Å². The van der Waals surface area contributed by atoms with Crippen LogP contribution in [0.5, 0.6) is 0 Å². The van der Waals surface area contributed by atoms with E-state index in [1.54, 1.807) is 6.20 Å². The van der Waals surface area contributed by atoms with Gasteiger partial charge in [-0.15, -0.1) is 0 Å². The molecule has 1 aliphatic rings. The first-order chi connectivity index (χ1) is 12.7. The van der Waals surface area contributed by atoms with Crippen LogP contribution in [0.3, 0.4) is 0 Å². The lowest BCUT2D eigenvalue weighted by atomic mass is 10.2. The first-order valence-electron chi connectivity index (χ1n) is 9.24. The van der Waals surface area contributed by atoms with Crippen molar-refractivity contribution in [3.63, 3.8) is 0 Å². The first-order valence-corrected chi connectivity index (χ1v) is 9.24. The summed E-state index contributed by atoms with van der Waals surface area (Å²) in [6.45, 7) is 3.48. The standard InChI is InChI=1S/C19H28N6O/c1-25(2)10-5-9-21-19-23-17(15-6-3-8-20-13-15)12-18(24-19)22-14-16-7-4-11-26-16/h3,6,8,12-13,16H,4-5,7,9-11,14H2,1-2H3,(H2,21,22,23,24)/t16-/m1/s1. The summed E-state index contributed by atoms with van der Waals surface area (Å²) in [6, 6.07) is 5.90. The molecule has 0 spiro atoms. The average Bonchev–Trinajstić information content (AvgIpc) is 3.18. The van der Waals surface area contributed by atoms with Crippen molar-refractivity contribution in [3.8, 4) is 11.3 Å². The fourth-order valence-electron chi connectivity index (χ4n) is 2.90. The minimum Gasteiger partial charge on any atom is -0.376 e. The van der Waals surface area contributed by atoms with Gasteiger partial charge >= 0.3 is 0 Å². The quantitative estimate of drug-likeness (QED) is 0.669. The molecule has 26 heavy (non-hydrogen) atoms. The predicted octanol–water partition coefficient (Wildman–Crippen LogP) is 2.49. The Balaban J connectivity index is 1.70. The van der Waals surface area contributed by atoms with E-state index in [1.165, 1.54) is 0 Å². The number of ether oxygens (including phenoxy) is 1. The highest BCUT2D eigenvalue weighted by Crippen LogP contribution is 2.21. The second-order valence-corrected chi connectivity index (χ2v) is 6.80. The van der Waals surface area contributed by atoms with Crippen molar-refractivity contribution in [1.29, 1.82) is 0 Å². The Morgan fingerprint density at radius 1 is 1.27 bits per heavy atom. The van der Waals surface area contributed by atoms with Crippen LogP contribution in [-0.2, 0) is 4.74 Å². The monoisotopic (exact) mass is 356 g/mol. The van der Waals surface area contributed by atoms with Crippen LogP contribution in [0.2, 0.25) is 0 Å². The molecule has 3 heterocycles. The third kappa shape index (κ3) is 5.64. The van der Waals surface area contributed by atoms with Gasteiger partial charge in [0.2, 0.25) is 5.95 Å². The second kappa shape index (κ2) is 9.45. The van der Waals surface area contributed by atoms with Gasteiger partial charge in [0.15, 0.2) is 0 Å². The van der Waals surface area contributed by atoms with Gasteiger partial charge in [0, 0.05) is 43.7 Å². The van der Waals surface area contributed by atoms with E-state index in [1.807, 2.05) is 24.4 Å². The summed E-state index contributed by atoms with van der Waals surface area (Å²) in [6.07, 6.45) is 7.12. The minimum atomic E-state index is 0.267. The van der Waals surface area contributed by atoms with E-state index < -0.39 is 0 Å². The molecule has 0 amide bonds. The molecule has 3 rings (SSSR count). The Morgan fingerprint density at radius 2 is 2.19 bits per heavy atom. The molecule has 140 valence electrons. The number of aromatic nitrogens is 3. The van der Waals surface area contributed by atoms with Crippen molar-refractivity contribution >= 4 is 11.8 Å². The highest BCUT2D eigenvalue weighted by molar-refractivity contribution is 5.63. The lowest BCUT2D eigenvalue weighted by molar-refractivity contribution is 0.120. The molecule has 7 nitrogen and oxygen atoms in total. The summed E-state index contributed by atoms with van der Waals surface area (Å²) < 4.78 is 5.69. The Hall–Kier alpha value is -2.25. The van der Waals surface area contributed by atoms with Crippen molar-refractivity contribution in [3.05, 3.63) is 30.6 Å². The summed E-state index contributed by atoms with van der Waals surface area (Å²) >= 11 is 0. The van der Waals surface area contributed by atoms with Gasteiger partial charge in [-0.2, -0.15) is 4.98 Å². The highest BCUT2D eigenvalue weighted by Gasteiger charge is 2.15. The Bertz CT molecular complexity index is 673. The van der Waals surface area contributed by atoms with Crippen LogP contribution in [0, 0.1) is 0 Å². The smallest absolute Gasteiger partial charge is 0.225 e. The van der Waals surface area contributed by atoms with Crippen LogP contribution in [0.4, 0.5) is 11.8 Å². The molecular formula is C19H28N6O. The van der Waals surface area contributed by atoms with E-state index in [0.717, 1.165) is 62.6 Å². The molecule has 0 saturated carbocycles. The maximum atomic E-state index is 5.69. The minimum absolute atomic E-state index is 0.267. The number of hydrogen-bond acceptors (Lipinski definition) is 7. The molecule has 7 heteroatoms. The fourth-order valence-corrected chi connectivity index (χ4v) is 2.90. The molecule has 0 aliphatic carbocycles. The molecule has 1 saturated heterocycles. The van der Waals surface area contributed by atoms with Crippen LogP contribution in [-0.4, -0.2) is 66.3 Å². The average molecular weight is 356 g/mol. The molecule has 0 unspecified atom stereocenters. The van der Waals surface area contributed by atoms with Crippen molar-refractivity contribution in [2.24, 2.45) is 0 Å². The second-order valence-electron chi connectivity index (χ2n) is 6.80. The maximum Gasteiger partial charge on any atom is 0.225 e. The Kier molecular flexibility index (Phi) is 6.74. The number of pyridine rings is 1. The first kappa shape index (κ1) is 18.5. The predicted molar refractivity (Wildman–Crippen MR) is 104 cm³/mol. The number of hydrogen-bond donors (Lipinski definition) is 2. The van der Waals surface area contributed by atoms with Crippen LogP contribution in [0.25, 0.3) is 11.3 Å². The van der Waals surface area contributed by atoms with Gasteiger partial charge in [-0.05, 0) is 52.0 Å². The summed E-state index contributed by atoms with van der Waals surface area (Å²) in [5, 5.41) is 6.74. The summed E-state index contributed by atoms with van der Waals surface area (Å²) in [5.41, 5.74) is 1.84. The van der Waals surface area contributed by atoms with E-state index >= 15 is 0 Å². The van der Waals surface area contributed by atoms with Crippen LogP contribution in [0.15, 0.2) is 30.6 Å². The molecule has 0 radical (unpaired) electrons. The molecular weight excluding hydrogens is 328 g/mol. The molecule has 1 atom stereocenters. The van der Waals surface area contributed by atoms with Gasteiger partial charge in [-0.1, -0.05) is 0 Å². The van der Waals surface area contributed by atoms with Crippen molar-refractivity contribution in [2.75, 3.05) is 51.0 Å². The zero-order valence-electron chi connectivity index (χ0n) is 15.6. The third-order valence-electron chi connectivity index (χ3n) is 4.28. The van der Waals surface area contributed by atoms with E-state index in [-0.39, 0.29) is 6.10 Å². The number of rotatable bonds is 9. The lowest BCUT2D eigenvalue weighted by Gasteiger charge is -2.14. The zero-order valence-corrected chi connectivity index (χ0v) is 15.6. The van der Waals surface area contributed by atoms with Crippen LogP contribution < -0.4 is 10.6 Å². The summed E-state index contributed by atoms with van der Waals surface area (Å²) in [7, 11) is 4.15. The molecule has 0 aromatic carbocycles. The van der Waals surface area contributed by atoms with Crippen LogP contribution in [0.1, 0.15) is 19.3 Å². The Morgan fingerprint density at radius 3 is 2.92 bits per heavy atom. The van der Waals surface area contributed by atoms with Crippen molar-refractivity contribution < 1.29 is 4.74 Å². The van der Waals surface area contributed by atoms with Crippen molar-refractivity contribution in [2.45, 2.75) is 25.4 Å². The maximum absolute atomic E-state index is 5.69. The van der Waals surface area contributed by atoms with Gasteiger partial charge in [0.25, 0.3) is 0 Å². The molecule has 2 N–H and O–H groups in total. The SMILES string of the molecule is CN(C)CCCNc1nc(NC[C@H]2CCCO2)cc(-c2cccnc2)n1. The van der Waals surface area contributed by atoms with Gasteiger partial charge in [0.05, 0.1) is 11.8 Å². The molecule has 0 bridgehead atoms. The third-order valence-corrected chi connectivity index (χ3v) is 4.28. The Labute approximate surface area is 155 Å². The summed E-state index contributed by atoms with van der Waals surface area (Å²) in [5.74, 6) is 1.45. The molecule has 2 aromatic rings. The van der Waals surface area contributed by atoms with Gasteiger partial charge in [0.1, 0.15) is 5.82 Å². The number of nitrogens with zero attached hydrogens (tertiary/aromatic N) is 4. The number of nitrogens with one attached hydrogen (secondary N) is 2. The van der Waals surface area contributed by atoms with E-state index in [4.69, 9.17) is 4.74 Å². The largest absolute Gasteiger partial charge is 0.376 e. The number of anilines is 2. The van der Waals surface area contributed by atoms with Crippen molar-refractivity contribution in [1.82, 2.24) is 19.9 Å². The highest BCUT2D eigenvalue weighted by atomic mass is 16.5. The lowest BCUT2D eigenvalue weighted by Crippen LogP contribution is -2.20. The topological polar surface area (TPSA) is 75.2 Å². The van der Waals surface area contributed by atoms with E-state index in [9.17, 15) is 0 Å². The van der Waals surface area contributed by atoms with Gasteiger partial charge in [-0.25, -0.2) is 4.98 Å². The normalized spacial score (nSPS) is 16.8. The zero-order chi connectivity index (χ0) is 18.2.